The molecule has 0 amide bonds. The monoisotopic (exact) mass is 336 g/mol. The molecule has 1 aromatic rings. The maximum atomic E-state index is 11.7. The molecule has 1 saturated heterocycles. The van der Waals surface area contributed by atoms with Crippen molar-refractivity contribution in [2.24, 2.45) is 5.41 Å². The number of anilines is 1. The van der Waals surface area contributed by atoms with Crippen molar-refractivity contribution in [3.63, 3.8) is 0 Å². The Bertz CT molecular complexity index is 578. The van der Waals surface area contributed by atoms with Crippen LogP contribution in [0.15, 0.2) is 22.7 Å². The Labute approximate surface area is 127 Å². The van der Waals surface area contributed by atoms with E-state index in [0.717, 1.165) is 25.1 Å². The van der Waals surface area contributed by atoms with Crippen LogP contribution >= 0.6 is 15.9 Å². The summed E-state index contributed by atoms with van der Waals surface area (Å²) in [5.41, 5.74) is 1.12. The first-order valence-corrected chi connectivity index (χ1v) is 7.35. The fourth-order valence-electron chi connectivity index (χ4n) is 2.91. The van der Waals surface area contributed by atoms with Crippen molar-refractivity contribution < 1.29 is 9.90 Å². The Balaban J connectivity index is 2.42. The summed E-state index contributed by atoms with van der Waals surface area (Å²) in [6.45, 7) is 4.71. The van der Waals surface area contributed by atoms with Crippen molar-refractivity contribution in [3.05, 3.63) is 28.2 Å². The first-order chi connectivity index (χ1) is 9.36. The van der Waals surface area contributed by atoms with Crippen LogP contribution in [0.2, 0.25) is 0 Å². The van der Waals surface area contributed by atoms with Crippen LogP contribution in [0.1, 0.15) is 32.3 Å². The number of carboxylic acid groups (broad SMARTS) is 1. The fourth-order valence-corrected chi connectivity index (χ4v) is 3.37. The molecule has 106 valence electrons. The molecule has 1 N–H and O–H groups in total. The predicted molar refractivity (Wildman–Crippen MR) is 80.6 cm³/mol. The number of hydrogen-bond acceptors (Lipinski definition) is 3. The number of halogens is 1. The number of hydrogen-bond donors (Lipinski definition) is 1. The number of nitriles is 1. The zero-order valence-electron chi connectivity index (χ0n) is 11.6. The highest BCUT2D eigenvalue weighted by atomic mass is 79.9. The van der Waals surface area contributed by atoms with Crippen molar-refractivity contribution >= 4 is 27.6 Å². The molecule has 1 aliphatic heterocycles. The molecule has 1 unspecified atom stereocenters. The van der Waals surface area contributed by atoms with Gasteiger partial charge in [0, 0.05) is 16.7 Å². The van der Waals surface area contributed by atoms with E-state index in [-0.39, 0.29) is 5.41 Å². The maximum Gasteiger partial charge on any atom is 0.326 e. The zero-order valence-corrected chi connectivity index (χ0v) is 13.1. The van der Waals surface area contributed by atoms with Gasteiger partial charge in [-0.15, -0.1) is 0 Å². The third-order valence-electron chi connectivity index (χ3n) is 3.91. The maximum absolute atomic E-state index is 11.7. The molecule has 1 heterocycles. The smallest absolute Gasteiger partial charge is 0.326 e. The minimum atomic E-state index is -0.796. The van der Waals surface area contributed by atoms with E-state index >= 15 is 0 Å². The topological polar surface area (TPSA) is 64.3 Å². The number of benzene rings is 1. The average molecular weight is 337 g/mol. The zero-order chi connectivity index (χ0) is 14.9. The molecule has 0 saturated carbocycles. The first kappa shape index (κ1) is 14.9. The molecule has 0 radical (unpaired) electrons. The number of rotatable bonds is 2. The quantitative estimate of drug-likeness (QED) is 0.898. The lowest BCUT2D eigenvalue weighted by Crippen LogP contribution is -2.54. The number of piperidine rings is 1. The Morgan fingerprint density at radius 1 is 1.55 bits per heavy atom. The Kier molecular flexibility index (Phi) is 4.05. The molecule has 0 spiro atoms. The summed E-state index contributed by atoms with van der Waals surface area (Å²) in [6.07, 6.45) is 1.87. The van der Waals surface area contributed by atoms with E-state index in [4.69, 9.17) is 5.26 Å². The number of carboxylic acids is 1. The van der Waals surface area contributed by atoms with Crippen molar-refractivity contribution in [1.29, 1.82) is 5.26 Å². The van der Waals surface area contributed by atoms with Gasteiger partial charge >= 0.3 is 5.97 Å². The third-order valence-corrected chi connectivity index (χ3v) is 4.57. The van der Waals surface area contributed by atoms with Gasteiger partial charge in [0.1, 0.15) is 12.1 Å². The van der Waals surface area contributed by atoms with E-state index in [2.05, 4.69) is 22.0 Å². The molecule has 1 aromatic carbocycles. The molecular formula is C15H17BrN2O2. The summed E-state index contributed by atoms with van der Waals surface area (Å²) < 4.78 is 0.699. The number of aliphatic carboxylic acids is 1. The van der Waals surface area contributed by atoms with Gasteiger partial charge in [-0.1, -0.05) is 13.8 Å². The van der Waals surface area contributed by atoms with Gasteiger partial charge in [0.05, 0.1) is 5.56 Å². The van der Waals surface area contributed by atoms with Crippen molar-refractivity contribution in [2.75, 3.05) is 11.4 Å². The van der Waals surface area contributed by atoms with E-state index in [9.17, 15) is 9.90 Å². The molecule has 0 aromatic heterocycles. The van der Waals surface area contributed by atoms with Crippen LogP contribution in [0.25, 0.3) is 0 Å². The SMILES string of the molecule is CC1(C)CCCN(c2ccc(C#N)c(Br)c2)C1C(=O)O. The molecule has 1 fully saturated rings. The summed E-state index contributed by atoms with van der Waals surface area (Å²) in [4.78, 5) is 13.6. The first-order valence-electron chi connectivity index (χ1n) is 6.56. The van der Waals surface area contributed by atoms with Gasteiger partial charge in [0.15, 0.2) is 0 Å². The van der Waals surface area contributed by atoms with Gasteiger partial charge in [0.2, 0.25) is 0 Å². The van der Waals surface area contributed by atoms with Crippen molar-refractivity contribution in [3.8, 4) is 6.07 Å². The number of carbonyl (C=O) groups is 1. The summed E-state index contributed by atoms with van der Waals surface area (Å²) in [7, 11) is 0. The lowest BCUT2D eigenvalue weighted by atomic mass is 9.76. The normalized spacial score (nSPS) is 21.3. The highest BCUT2D eigenvalue weighted by Gasteiger charge is 2.42. The third kappa shape index (κ3) is 2.66. The highest BCUT2D eigenvalue weighted by Crippen LogP contribution is 2.38. The van der Waals surface area contributed by atoms with E-state index in [0.29, 0.717) is 10.0 Å². The molecule has 5 heteroatoms. The second-order valence-corrected chi connectivity index (χ2v) is 6.66. The van der Waals surface area contributed by atoms with Crippen molar-refractivity contribution in [1.82, 2.24) is 0 Å². The molecule has 0 aliphatic carbocycles. The molecule has 0 bridgehead atoms. The van der Waals surface area contributed by atoms with Gasteiger partial charge in [0.25, 0.3) is 0 Å². The van der Waals surface area contributed by atoms with Crippen LogP contribution in [-0.2, 0) is 4.79 Å². The van der Waals surface area contributed by atoms with Gasteiger partial charge in [-0.05, 0) is 52.4 Å². The molecule has 2 rings (SSSR count). The molecule has 20 heavy (non-hydrogen) atoms. The minimum Gasteiger partial charge on any atom is -0.480 e. The lowest BCUT2D eigenvalue weighted by molar-refractivity contribution is -0.142. The van der Waals surface area contributed by atoms with E-state index in [1.165, 1.54) is 0 Å². The second-order valence-electron chi connectivity index (χ2n) is 5.80. The highest BCUT2D eigenvalue weighted by molar-refractivity contribution is 9.10. The lowest BCUT2D eigenvalue weighted by Gasteiger charge is -2.45. The average Bonchev–Trinajstić information content (AvgIpc) is 2.36. The van der Waals surface area contributed by atoms with E-state index in [1.54, 1.807) is 6.07 Å². The van der Waals surface area contributed by atoms with Crippen LogP contribution in [0.3, 0.4) is 0 Å². The predicted octanol–water partition coefficient (Wildman–Crippen LogP) is 3.40. The minimum absolute atomic E-state index is 0.273. The summed E-state index contributed by atoms with van der Waals surface area (Å²) in [5, 5.41) is 18.5. The fraction of sp³-hybridized carbons (Fsp3) is 0.467. The van der Waals surface area contributed by atoms with Crippen LogP contribution < -0.4 is 4.90 Å². The number of nitrogens with zero attached hydrogens (tertiary/aromatic N) is 2. The molecule has 1 atom stereocenters. The Hall–Kier alpha value is -1.54. The Morgan fingerprint density at radius 2 is 2.25 bits per heavy atom. The molecule has 1 aliphatic rings. The standard InChI is InChI=1S/C15H17BrN2O2/c1-15(2)6-3-7-18(13(15)14(19)20)11-5-4-10(9-17)12(16)8-11/h4-5,8,13H,3,6-7H2,1-2H3,(H,19,20). The molecular weight excluding hydrogens is 320 g/mol. The summed E-state index contributed by atoms with van der Waals surface area (Å²) in [6, 6.07) is 6.92. The van der Waals surface area contributed by atoms with Crippen LogP contribution in [0.5, 0.6) is 0 Å². The molecule has 4 nitrogen and oxygen atoms in total. The van der Waals surface area contributed by atoms with Crippen molar-refractivity contribution in [2.45, 2.75) is 32.7 Å². The van der Waals surface area contributed by atoms with Crippen LogP contribution in [0.4, 0.5) is 5.69 Å². The van der Waals surface area contributed by atoms with Gasteiger partial charge in [-0.25, -0.2) is 4.79 Å². The van der Waals surface area contributed by atoms with Gasteiger partial charge in [-0.2, -0.15) is 5.26 Å². The Morgan fingerprint density at radius 3 is 2.80 bits per heavy atom. The van der Waals surface area contributed by atoms with Crippen LogP contribution in [-0.4, -0.2) is 23.7 Å². The van der Waals surface area contributed by atoms with Gasteiger partial charge in [-0.3, -0.25) is 0 Å². The second kappa shape index (κ2) is 5.45. The largest absolute Gasteiger partial charge is 0.480 e. The van der Waals surface area contributed by atoms with E-state index in [1.807, 2.05) is 30.9 Å². The summed E-state index contributed by atoms with van der Waals surface area (Å²) >= 11 is 3.36. The summed E-state index contributed by atoms with van der Waals surface area (Å²) in [5.74, 6) is -0.796. The van der Waals surface area contributed by atoms with Crippen LogP contribution in [0, 0.1) is 16.7 Å². The van der Waals surface area contributed by atoms with Gasteiger partial charge < -0.3 is 10.0 Å². The van der Waals surface area contributed by atoms with E-state index < -0.39 is 12.0 Å².